The van der Waals surface area contributed by atoms with Gasteiger partial charge in [0.25, 0.3) is 0 Å². The lowest BCUT2D eigenvalue weighted by Crippen LogP contribution is -2.35. The van der Waals surface area contributed by atoms with Gasteiger partial charge in [-0.25, -0.2) is 0 Å². The molecular formula is C12H16N2O2. The van der Waals surface area contributed by atoms with Gasteiger partial charge in [-0.1, -0.05) is 18.2 Å². The fourth-order valence-electron chi connectivity index (χ4n) is 1.70. The molecule has 4 heteroatoms. The highest BCUT2D eigenvalue weighted by Gasteiger charge is 2.23. The highest BCUT2D eigenvalue weighted by molar-refractivity contribution is 5.77. The number of fused-ring (bicyclic) bond motifs is 1. The topological polar surface area (TPSA) is 41.6 Å². The number of carbonyl (C=O) groups excluding carboxylic acids is 1. The zero-order valence-corrected chi connectivity index (χ0v) is 9.56. The molecule has 1 amide bonds. The number of rotatable bonds is 3. The molecule has 1 aliphatic heterocycles. The Kier molecular flexibility index (Phi) is 3.10. The van der Waals surface area contributed by atoms with Gasteiger partial charge >= 0.3 is 0 Å². The molecule has 1 atom stereocenters. The van der Waals surface area contributed by atoms with Crippen LogP contribution < -0.4 is 10.1 Å². The summed E-state index contributed by atoms with van der Waals surface area (Å²) < 4.78 is 5.52. The van der Waals surface area contributed by atoms with E-state index in [0.717, 1.165) is 11.3 Å². The van der Waals surface area contributed by atoms with Crippen molar-refractivity contribution in [1.82, 2.24) is 10.2 Å². The van der Waals surface area contributed by atoms with Gasteiger partial charge in [-0.3, -0.25) is 10.1 Å². The quantitative estimate of drug-likeness (QED) is 0.819. The summed E-state index contributed by atoms with van der Waals surface area (Å²) >= 11 is 0. The summed E-state index contributed by atoms with van der Waals surface area (Å²) in [5.74, 6) is 0.988. The van der Waals surface area contributed by atoms with Gasteiger partial charge in [-0.05, 0) is 6.07 Å². The lowest BCUT2D eigenvalue weighted by atomic mass is 10.1. The van der Waals surface area contributed by atoms with Gasteiger partial charge in [0.2, 0.25) is 5.91 Å². The standard InChI is InChI=1S/C12H16N2O2/c1-14(2)12(15)7-13-10-8-16-11-6-4-3-5-9(10)11/h3-6,10,13H,7-8H2,1-2H3. The number of carbonyl (C=O) groups is 1. The lowest BCUT2D eigenvalue weighted by molar-refractivity contribution is -0.127. The molecule has 0 aromatic heterocycles. The molecule has 1 aromatic rings. The maximum absolute atomic E-state index is 11.4. The monoisotopic (exact) mass is 220 g/mol. The Balaban J connectivity index is 1.96. The Hall–Kier alpha value is -1.55. The van der Waals surface area contributed by atoms with Crippen LogP contribution in [0.15, 0.2) is 24.3 Å². The van der Waals surface area contributed by atoms with Crippen LogP contribution in [0.3, 0.4) is 0 Å². The van der Waals surface area contributed by atoms with E-state index in [4.69, 9.17) is 4.74 Å². The zero-order chi connectivity index (χ0) is 11.5. The van der Waals surface area contributed by atoms with Crippen LogP contribution in [0.5, 0.6) is 5.75 Å². The van der Waals surface area contributed by atoms with Crippen molar-refractivity contribution in [1.29, 1.82) is 0 Å². The second kappa shape index (κ2) is 4.53. The number of nitrogens with one attached hydrogen (secondary N) is 1. The van der Waals surface area contributed by atoms with Gasteiger partial charge in [-0.15, -0.1) is 0 Å². The van der Waals surface area contributed by atoms with Crippen LogP contribution in [-0.4, -0.2) is 38.1 Å². The average Bonchev–Trinajstić information content (AvgIpc) is 2.69. The summed E-state index contributed by atoms with van der Waals surface area (Å²) in [7, 11) is 3.51. The Bertz CT molecular complexity index is 390. The molecule has 0 saturated heterocycles. The molecule has 86 valence electrons. The second-order valence-electron chi connectivity index (χ2n) is 4.07. The molecule has 0 aliphatic carbocycles. The zero-order valence-electron chi connectivity index (χ0n) is 9.56. The maximum Gasteiger partial charge on any atom is 0.236 e. The molecule has 1 heterocycles. The number of para-hydroxylation sites is 1. The Morgan fingerprint density at radius 2 is 2.25 bits per heavy atom. The first kappa shape index (κ1) is 11.0. The first-order valence-corrected chi connectivity index (χ1v) is 5.34. The first-order valence-electron chi connectivity index (χ1n) is 5.34. The van der Waals surface area contributed by atoms with Crippen LogP contribution in [-0.2, 0) is 4.79 Å². The summed E-state index contributed by atoms with van der Waals surface area (Å²) in [5, 5.41) is 3.20. The SMILES string of the molecule is CN(C)C(=O)CNC1COc2ccccc21. The predicted molar refractivity (Wildman–Crippen MR) is 61.4 cm³/mol. The van der Waals surface area contributed by atoms with Crippen LogP contribution in [0.25, 0.3) is 0 Å². The fourth-order valence-corrected chi connectivity index (χ4v) is 1.70. The normalized spacial score (nSPS) is 17.8. The van der Waals surface area contributed by atoms with Crippen molar-refractivity contribution in [3.63, 3.8) is 0 Å². The highest BCUT2D eigenvalue weighted by Crippen LogP contribution is 2.31. The Labute approximate surface area is 95.2 Å². The predicted octanol–water partition coefficient (Wildman–Crippen LogP) is 0.798. The second-order valence-corrected chi connectivity index (χ2v) is 4.07. The van der Waals surface area contributed by atoms with Crippen molar-refractivity contribution in [2.75, 3.05) is 27.2 Å². The fraction of sp³-hybridized carbons (Fsp3) is 0.417. The Morgan fingerprint density at radius 1 is 1.50 bits per heavy atom. The number of benzene rings is 1. The number of amides is 1. The van der Waals surface area contributed by atoms with Crippen molar-refractivity contribution in [3.8, 4) is 5.75 Å². The van der Waals surface area contributed by atoms with Crippen LogP contribution in [0.2, 0.25) is 0 Å². The minimum atomic E-state index is 0.0735. The van der Waals surface area contributed by atoms with Crippen LogP contribution >= 0.6 is 0 Å². The maximum atomic E-state index is 11.4. The van der Waals surface area contributed by atoms with E-state index in [1.165, 1.54) is 0 Å². The summed E-state index contributed by atoms with van der Waals surface area (Å²) in [5.41, 5.74) is 1.13. The van der Waals surface area contributed by atoms with E-state index in [1.54, 1.807) is 19.0 Å². The number of nitrogens with zero attached hydrogens (tertiary/aromatic N) is 1. The number of hydrogen-bond donors (Lipinski definition) is 1. The molecule has 1 unspecified atom stereocenters. The van der Waals surface area contributed by atoms with Crippen molar-refractivity contribution in [2.24, 2.45) is 0 Å². The summed E-state index contributed by atoms with van der Waals surface area (Å²) in [6, 6.07) is 8.03. The van der Waals surface area contributed by atoms with Gasteiger partial charge in [0.05, 0.1) is 12.6 Å². The van der Waals surface area contributed by atoms with E-state index < -0.39 is 0 Å². The molecule has 0 bridgehead atoms. The third-order valence-corrected chi connectivity index (χ3v) is 2.70. The molecule has 1 aromatic carbocycles. The molecule has 1 aliphatic rings. The molecule has 16 heavy (non-hydrogen) atoms. The molecule has 0 radical (unpaired) electrons. The third kappa shape index (κ3) is 2.17. The van der Waals surface area contributed by atoms with Gasteiger partial charge < -0.3 is 9.64 Å². The van der Waals surface area contributed by atoms with E-state index in [-0.39, 0.29) is 11.9 Å². The Morgan fingerprint density at radius 3 is 3.00 bits per heavy atom. The van der Waals surface area contributed by atoms with Crippen molar-refractivity contribution < 1.29 is 9.53 Å². The molecule has 1 N–H and O–H groups in total. The van der Waals surface area contributed by atoms with Gasteiger partial charge in [0.1, 0.15) is 12.4 Å². The van der Waals surface area contributed by atoms with Crippen LogP contribution in [0, 0.1) is 0 Å². The number of hydrogen-bond acceptors (Lipinski definition) is 3. The molecule has 4 nitrogen and oxygen atoms in total. The highest BCUT2D eigenvalue weighted by atomic mass is 16.5. The number of ether oxygens (including phenoxy) is 1. The largest absolute Gasteiger partial charge is 0.491 e. The van der Waals surface area contributed by atoms with Crippen molar-refractivity contribution in [2.45, 2.75) is 6.04 Å². The van der Waals surface area contributed by atoms with Crippen LogP contribution in [0.4, 0.5) is 0 Å². The third-order valence-electron chi connectivity index (χ3n) is 2.70. The smallest absolute Gasteiger partial charge is 0.236 e. The van der Waals surface area contributed by atoms with E-state index in [2.05, 4.69) is 5.32 Å². The van der Waals surface area contributed by atoms with Crippen LogP contribution in [0.1, 0.15) is 11.6 Å². The van der Waals surface area contributed by atoms with Gasteiger partial charge in [0, 0.05) is 19.7 Å². The van der Waals surface area contributed by atoms with E-state index in [0.29, 0.717) is 13.2 Å². The minimum absolute atomic E-state index is 0.0735. The molecule has 0 spiro atoms. The van der Waals surface area contributed by atoms with E-state index in [9.17, 15) is 4.79 Å². The summed E-state index contributed by atoms with van der Waals surface area (Å²) in [6.45, 7) is 0.940. The van der Waals surface area contributed by atoms with Crippen molar-refractivity contribution in [3.05, 3.63) is 29.8 Å². The average molecular weight is 220 g/mol. The number of likely N-dealkylation sites (N-methyl/N-ethyl adjacent to an activating group) is 1. The molecule has 0 saturated carbocycles. The summed E-state index contributed by atoms with van der Waals surface area (Å²) in [6.07, 6.45) is 0. The van der Waals surface area contributed by atoms with Crippen molar-refractivity contribution >= 4 is 5.91 Å². The summed E-state index contributed by atoms with van der Waals surface area (Å²) in [4.78, 5) is 13.0. The van der Waals surface area contributed by atoms with E-state index in [1.807, 2.05) is 24.3 Å². The first-order chi connectivity index (χ1) is 7.68. The van der Waals surface area contributed by atoms with Gasteiger partial charge in [0.15, 0.2) is 0 Å². The molecule has 0 fully saturated rings. The molecular weight excluding hydrogens is 204 g/mol. The molecule has 2 rings (SSSR count). The van der Waals surface area contributed by atoms with Gasteiger partial charge in [-0.2, -0.15) is 0 Å². The van der Waals surface area contributed by atoms with E-state index >= 15 is 0 Å². The lowest BCUT2D eigenvalue weighted by Gasteiger charge is -2.14. The minimum Gasteiger partial charge on any atom is -0.491 e.